The number of nitrogens with two attached hydrogens (primary N) is 1. The Morgan fingerprint density at radius 3 is 2.75 bits per heavy atom. The molecule has 16 heavy (non-hydrogen) atoms. The normalized spacial score (nSPS) is 9.94. The lowest BCUT2D eigenvalue weighted by Gasteiger charge is -2.16. The van der Waals surface area contributed by atoms with E-state index in [4.69, 9.17) is 29.6 Å². The molecule has 3 nitrogen and oxygen atoms in total. The number of amides is 1. The maximum atomic E-state index is 11.9. The molecule has 1 rings (SSSR count). The summed E-state index contributed by atoms with van der Waals surface area (Å²) < 4.78 is 0.825. The van der Waals surface area contributed by atoms with Gasteiger partial charge < -0.3 is 10.6 Å². The second kappa shape index (κ2) is 5.61. The number of rotatable bonds is 3. The minimum Gasteiger partial charge on any atom is -0.392 e. The number of likely N-dealkylation sites (N-methyl/N-ethyl adjacent to an activating group) is 1. The average Bonchev–Trinajstić information content (AvgIpc) is 2.15. The average molecular weight is 322 g/mol. The van der Waals surface area contributed by atoms with E-state index in [2.05, 4.69) is 15.9 Å². The minimum absolute atomic E-state index is 0.203. The van der Waals surface area contributed by atoms with Crippen molar-refractivity contribution in [1.82, 2.24) is 4.90 Å². The zero-order valence-corrected chi connectivity index (χ0v) is 11.7. The first-order chi connectivity index (χ1) is 7.41. The van der Waals surface area contributed by atoms with Crippen LogP contribution in [0, 0.1) is 0 Å². The highest BCUT2D eigenvalue weighted by Gasteiger charge is 2.15. The van der Waals surface area contributed by atoms with Gasteiger partial charge in [0.1, 0.15) is 0 Å². The number of thiocarbonyl (C=S) groups is 1. The van der Waals surface area contributed by atoms with Gasteiger partial charge in [-0.3, -0.25) is 4.79 Å². The Balaban J connectivity index is 2.92. The van der Waals surface area contributed by atoms with Crippen LogP contribution >= 0.6 is 39.7 Å². The Bertz CT molecular complexity index is 439. The van der Waals surface area contributed by atoms with Crippen LogP contribution in [0.2, 0.25) is 5.02 Å². The fraction of sp³-hybridized carbons (Fsp3) is 0.200. The monoisotopic (exact) mass is 320 g/mol. The molecule has 0 radical (unpaired) electrons. The topological polar surface area (TPSA) is 46.3 Å². The Morgan fingerprint density at radius 1 is 1.62 bits per heavy atom. The first-order valence-electron chi connectivity index (χ1n) is 4.40. The largest absolute Gasteiger partial charge is 0.392 e. The summed E-state index contributed by atoms with van der Waals surface area (Å²) in [4.78, 5) is 13.6. The number of hydrogen-bond donors (Lipinski definition) is 1. The lowest BCUT2D eigenvalue weighted by atomic mass is 10.2. The molecule has 0 bridgehead atoms. The van der Waals surface area contributed by atoms with Gasteiger partial charge >= 0.3 is 0 Å². The first-order valence-corrected chi connectivity index (χ1v) is 5.98. The molecule has 2 N–H and O–H groups in total. The highest BCUT2D eigenvalue weighted by Crippen LogP contribution is 2.22. The summed E-state index contributed by atoms with van der Waals surface area (Å²) in [7, 11) is 1.62. The van der Waals surface area contributed by atoms with Crippen LogP contribution in [0.3, 0.4) is 0 Å². The molecule has 0 aliphatic rings. The van der Waals surface area contributed by atoms with Crippen LogP contribution in [-0.2, 0) is 0 Å². The van der Waals surface area contributed by atoms with Crippen molar-refractivity contribution in [2.45, 2.75) is 0 Å². The zero-order chi connectivity index (χ0) is 12.3. The van der Waals surface area contributed by atoms with Gasteiger partial charge in [0.05, 0.1) is 22.1 Å². The number of benzene rings is 1. The third-order valence-electron chi connectivity index (χ3n) is 1.90. The molecule has 6 heteroatoms. The van der Waals surface area contributed by atoms with Crippen LogP contribution in [0.25, 0.3) is 0 Å². The summed E-state index contributed by atoms with van der Waals surface area (Å²) in [5.41, 5.74) is 5.80. The molecule has 0 spiro atoms. The molecule has 0 aliphatic carbocycles. The standard InChI is InChI=1S/C10H10BrClN2OS/c1-14(5-9(13)16)10(15)7-3-2-6(11)4-8(7)12/h2-4H,5H2,1H3,(H2,13,16). The third-order valence-corrected chi connectivity index (χ3v) is 2.84. The number of halogens is 2. The van der Waals surface area contributed by atoms with Crippen molar-refractivity contribution >= 4 is 50.6 Å². The van der Waals surface area contributed by atoms with Gasteiger partial charge in [-0.15, -0.1) is 0 Å². The predicted molar refractivity (Wildman–Crippen MR) is 72.9 cm³/mol. The van der Waals surface area contributed by atoms with Gasteiger partial charge in [0.25, 0.3) is 5.91 Å². The van der Waals surface area contributed by atoms with Crippen LogP contribution in [0.5, 0.6) is 0 Å². The second-order valence-electron chi connectivity index (χ2n) is 3.25. The fourth-order valence-electron chi connectivity index (χ4n) is 1.17. The van der Waals surface area contributed by atoms with Crippen LogP contribution in [0.1, 0.15) is 10.4 Å². The van der Waals surface area contributed by atoms with Crippen molar-refractivity contribution in [2.75, 3.05) is 13.6 Å². The highest BCUT2D eigenvalue weighted by atomic mass is 79.9. The maximum Gasteiger partial charge on any atom is 0.255 e. The Hall–Kier alpha value is -0.650. The molecule has 0 unspecified atom stereocenters. The van der Waals surface area contributed by atoms with Gasteiger partial charge in [-0.05, 0) is 18.2 Å². The summed E-state index contributed by atoms with van der Waals surface area (Å²) in [5, 5.41) is 0.397. The molecular weight excluding hydrogens is 312 g/mol. The fourth-order valence-corrected chi connectivity index (χ4v) is 2.12. The lowest BCUT2D eigenvalue weighted by molar-refractivity contribution is 0.0815. The Labute approximate surface area is 113 Å². The predicted octanol–water partition coefficient (Wildman–Crippen LogP) is 2.46. The van der Waals surface area contributed by atoms with Crippen molar-refractivity contribution in [1.29, 1.82) is 0 Å². The molecule has 1 amide bonds. The number of nitrogens with zero attached hydrogens (tertiary/aromatic N) is 1. The van der Waals surface area contributed by atoms with Gasteiger partial charge in [0.15, 0.2) is 0 Å². The van der Waals surface area contributed by atoms with E-state index in [0.717, 1.165) is 4.47 Å². The smallest absolute Gasteiger partial charge is 0.255 e. The molecule has 0 saturated carbocycles. The van der Waals surface area contributed by atoms with Gasteiger partial charge in [-0.25, -0.2) is 0 Å². The van der Waals surface area contributed by atoms with E-state index in [1.807, 2.05) is 0 Å². The van der Waals surface area contributed by atoms with Gasteiger partial charge in [-0.2, -0.15) is 0 Å². The van der Waals surface area contributed by atoms with Gasteiger partial charge in [-0.1, -0.05) is 39.7 Å². The van der Waals surface area contributed by atoms with Crippen molar-refractivity contribution in [3.63, 3.8) is 0 Å². The van der Waals surface area contributed by atoms with Crippen LogP contribution in [0.4, 0.5) is 0 Å². The van der Waals surface area contributed by atoms with Crippen LogP contribution in [-0.4, -0.2) is 29.4 Å². The van der Waals surface area contributed by atoms with E-state index >= 15 is 0 Å². The Kier molecular flexibility index (Phi) is 4.70. The molecule has 0 heterocycles. The minimum atomic E-state index is -0.203. The van der Waals surface area contributed by atoms with Crippen molar-refractivity contribution in [3.05, 3.63) is 33.3 Å². The Morgan fingerprint density at radius 2 is 2.25 bits per heavy atom. The molecular formula is C10H10BrClN2OS. The van der Waals surface area contributed by atoms with Crippen molar-refractivity contribution in [3.8, 4) is 0 Å². The molecule has 0 fully saturated rings. The lowest BCUT2D eigenvalue weighted by Crippen LogP contribution is -2.34. The first kappa shape index (κ1) is 13.4. The molecule has 1 aromatic carbocycles. The second-order valence-corrected chi connectivity index (χ2v) is 5.10. The molecule has 0 atom stereocenters. The highest BCUT2D eigenvalue weighted by molar-refractivity contribution is 9.10. The summed E-state index contributed by atoms with van der Waals surface area (Å²) in [6.07, 6.45) is 0. The van der Waals surface area contributed by atoms with Gasteiger partial charge in [0.2, 0.25) is 0 Å². The molecule has 0 aliphatic heterocycles. The summed E-state index contributed by atoms with van der Waals surface area (Å²) in [6.45, 7) is 0.237. The van der Waals surface area contributed by atoms with E-state index in [1.165, 1.54) is 4.90 Å². The molecule has 1 aromatic rings. The zero-order valence-electron chi connectivity index (χ0n) is 8.54. The summed E-state index contributed by atoms with van der Waals surface area (Å²) in [6, 6.07) is 5.09. The quantitative estimate of drug-likeness (QED) is 0.870. The van der Waals surface area contributed by atoms with Crippen molar-refractivity contribution in [2.24, 2.45) is 5.73 Å². The SMILES string of the molecule is CN(CC(N)=S)C(=O)c1ccc(Br)cc1Cl. The summed E-state index contributed by atoms with van der Waals surface area (Å²) >= 11 is 14.0. The van der Waals surface area contributed by atoms with E-state index in [-0.39, 0.29) is 17.4 Å². The molecule has 86 valence electrons. The van der Waals surface area contributed by atoms with E-state index in [1.54, 1.807) is 25.2 Å². The number of carbonyl (C=O) groups is 1. The van der Waals surface area contributed by atoms with Gasteiger partial charge in [0, 0.05) is 11.5 Å². The molecule has 0 saturated heterocycles. The maximum absolute atomic E-state index is 11.9. The van der Waals surface area contributed by atoms with E-state index < -0.39 is 0 Å². The molecule has 0 aromatic heterocycles. The van der Waals surface area contributed by atoms with E-state index in [0.29, 0.717) is 10.6 Å². The van der Waals surface area contributed by atoms with E-state index in [9.17, 15) is 4.79 Å². The third kappa shape index (κ3) is 3.43. The van der Waals surface area contributed by atoms with Crippen LogP contribution in [0.15, 0.2) is 22.7 Å². The summed E-state index contributed by atoms with van der Waals surface area (Å²) in [5.74, 6) is -0.203. The number of hydrogen-bond acceptors (Lipinski definition) is 2. The number of carbonyl (C=O) groups excluding carboxylic acids is 1. The van der Waals surface area contributed by atoms with Crippen molar-refractivity contribution < 1.29 is 4.79 Å². The van der Waals surface area contributed by atoms with Crippen LogP contribution < -0.4 is 5.73 Å².